The highest BCUT2D eigenvalue weighted by Gasteiger charge is 2.39. The average Bonchev–Trinajstić information content (AvgIpc) is 3.44. The van der Waals surface area contributed by atoms with Crippen molar-refractivity contribution in [3.63, 3.8) is 0 Å². The minimum atomic E-state index is 0.0767. The molecule has 0 aromatic carbocycles. The Morgan fingerprint density at radius 1 is 1.04 bits per heavy atom. The molecular weight excluding hydrogens is 308 g/mol. The van der Waals surface area contributed by atoms with Gasteiger partial charge in [0, 0.05) is 44.4 Å². The van der Waals surface area contributed by atoms with Gasteiger partial charge in [-0.05, 0) is 44.4 Å². The molecule has 4 fully saturated rings. The summed E-state index contributed by atoms with van der Waals surface area (Å²) in [5.41, 5.74) is 0.0817. The first-order valence-corrected chi connectivity index (χ1v) is 9.57. The summed E-state index contributed by atoms with van der Waals surface area (Å²) in [5, 5.41) is 3.27. The van der Waals surface area contributed by atoms with Gasteiger partial charge in [-0.3, -0.25) is 0 Å². The molecule has 24 heavy (non-hydrogen) atoms. The second kappa shape index (κ2) is 7.18. The molecule has 6 nitrogen and oxygen atoms in total. The maximum Gasteiger partial charge on any atom is 0.317 e. The molecule has 6 heteroatoms. The lowest BCUT2D eigenvalue weighted by Crippen LogP contribution is -2.52. The van der Waals surface area contributed by atoms with E-state index >= 15 is 0 Å². The Balaban J connectivity index is 1.34. The molecule has 1 aliphatic carbocycles. The smallest absolute Gasteiger partial charge is 0.317 e. The van der Waals surface area contributed by atoms with Crippen LogP contribution in [0.4, 0.5) is 4.79 Å². The highest BCUT2D eigenvalue weighted by Crippen LogP contribution is 2.38. The Labute approximate surface area is 144 Å². The Morgan fingerprint density at radius 3 is 2.67 bits per heavy atom. The van der Waals surface area contributed by atoms with Crippen LogP contribution in [0.5, 0.6) is 0 Å². The lowest BCUT2D eigenvalue weighted by atomic mass is 9.80. The maximum absolute atomic E-state index is 12.8. The van der Waals surface area contributed by atoms with E-state index in [-0.39, 0.29) is 17.5 Å². The minimum Gasteiger partial charge on any atom is -0.381 e. The normalized spacial score (nSPS) is 33.9. The molecule has 0 radical (unpaired) electrons. The molecule has 3 saturated heterocycles. The molecule has 1 spiro atoms. The van der Waals surface area contributed by atoms with E-state index in [9.17, 15) is 4.79 Å². The van der Waals surface area contributed by atoms with Gasteiger partial charge in [0.05, 0.1) is 19.3 Å². The van der Waals surface area contributed by atoms with Gasteiger partial charge in [-0.2, -0.15) is 0 Å². The van der Waals surface area contributed by atoms with Gasteiger partial charge in [-0.1, -0.05) is 0 Å². The minimum absolute atomic E-state index is 0.0767. The maximum atomic E-state index is 12.8. The standard InChI is InChI=1S/C18H30N2O4/c21-17(19-15-3-7-24-16(11-15)14-1-2-14)20-6-10-23-13-18(12-20)4-8-22-9-5-18/h14-16H,1-13H2,(H,19,21). The lowest BCUT2D eigenvalue weighted by molar-refractivity contribution is -0.0300. The number of hydrogen-bond donors (Lipinski definition) is 1. The van der Waals surface area contributed by atoms with Crippen molar-refractivity contribution in [2.45, 2.75) is 50.7 Å². The number of ether oxygens (including phenoxy) is 3. The third kappa shape index (κ3) is 3.86. The molecule has 3 aliphatic heterocycles. The van der Waals surface area contributed by atoms with E-state index in [2.05, 4.69) is 5.32 Å². The van der Waals surface area contributed by atoms with Crippen LogP contribution in [-0.2, 0) is 14.2 Å². The number of urea groups is 1. The molecule has 2 unspecified atom stereocenters. The summed E-state index contributed by atoms with van der Waals surface area (Å²) in [6.07, 6.45) is 6.81. The van der Waals surface area contributed by atoms with E-state index in [1.807, 2.05) is 4.90 Å². The summed E-state index contributed by atoms with van der Waals surface area (Å²) in [6, 6.07) is 0.333. The van der Waals surface area contributed by atoms with Crippen molar-refractivity contribution in [1.29, 1.82) is 0 Å². The number of nitrogens with zero attached hydrogens (tertiary/aromatic N) is 1. The Hall–Kier alpha value is -0.850. The van der Waals surface area contributed by atoms with Crippen LogP contribution in [0.3, 0.4) is 0 Å². The van der Waals surface area contributed by atoms with Gasteiger partial charge in [0.15, 0.2) is 0 Å². The van der Waals surface area contributed by atoms with Gasteiger partial charge >= 0.3 is 6.03 Å². The molecule has 3 heterocycles. The molecule has 0 aromatic rings. The van der Waals surface area contributed by atoms with Crippen LogP contribution < -0.4 is 5.32 Å². The summed E-state index contributed by atoms with van der Waals surface area (Å²) in [4.78, 5) is 14.8. The van der Waals surface area contributed by atoms with Gasteiger partial charge in [0.2, 0.25) is 0 Å². The zero-order valence-electron chi connectivity index (χ0n) is 14.5. The number of carbonyl (C=O) groups excluding carboxylic acids is 1. The van der Waals surface area contributed by atoms with Crippen LogP contribution in [0.15, 0.2) is 0 Å². The summed E-state index contributed by atoms with van der Waals surface area (Å²) < 4.78 is 17.2. The van der Waals surface area contributed by atoms with E-state index in [4.69, 9.17) is 14.2 Å². The van der Waals surface area contributed by atoms with Crippen LogP contribution >= 0.6 is 0 Å². The van der Waals surface area contributed by atoms with Gasteiger partial charge in [-0.15, -0.1) is 0 Å². The van der Waals surface area contributed by atoms with Crippen molar-refractivity contribution < 1.29 is 19.0 Å². The van der Waals surface area contributed by atoms with E-state index in [1.54, 1.807) is 0 Å². The van der Waals surface area contributed by atoms with Crippen LogP contribution in [0.2, 0.25) is 0 Å². The summed E-state index contributed by atoms with van der Waals surface area (Å²) in [6.45, 7) is 5.19. The Morgan fingerprint density at radius 2 is 1.88 bits per heavy atom. The fourth-order valence-electron chi connectivity index (χ4n) is 4.29. The van der Waals surface area contributed by atoms with E-state index < -0.39 is 0 Å². The monoisotopic (exact) mass is 338 g/mol. The van der Waals surface area contributed by atoms with Gasteiger partial charge in [0.1, 0.15) is 0 Å². The largest absolute Gasteiger partial charge is 0.381 e. The molecule has 1 saturated carbocycles. The summed E-state index contributed by atoms with van der Waals surface area (Å²) in [5.74, 6) is 0.738. The zero-order valence-corrected chi connectivity index (χ0v) is 14.5. The predicted octanol–water partition coefficient (Wildman–Crippen LogP) is 1.78. The third-order valence-corrected chi connectivity index (χ3v) is 6.07. The van der Waals surface area contributed by atoms with Crippen molar-refractivity contribution in [2.24, 2.45) is 11.3 Å². The molecule has 4 rings (SSSR count). The second-order valence-electron chi connectivity index (χ2n) is 8.00. The van der Waals surface area contributed by atoms with Crippen LogP contribution in [-0.4, -0.2) is 69.2 Å². The lowest BCUT2D eigenvalue weighted by Gasteiger charge is -2.39. The van der Waals surface area contributed by atoms with Crippen molar-refractivity contribution in [2.75, 3.05) is 46.1 Å². The van der Waals surface area contributed by atoms with E-state index in [1.165, 1.54) is 12.8 Å². The number of hydrogen-bond acceptors (Lipinski definition) is 4. The van der Waals surface area contributed by atoms with E-state index in [0.717, 1.165) is 64.6 Å². The highest BCUT2D eigenvalue weighted by molar-refractivity contribution is 5.74. The summed E-state index contributed by atoms with van der Waals surface area (Å²) in [7, 11) is 0. The molecule has 0 bridgehead atoms. The van der Waals surface area contributed by atoms with Gasteiger partial charge in [-0.25, -0.2) is 4.79 Å². The summed E-state index contributed by atoms with van der Waals surface area (Å²) >= 11 is 0. The quantitative estimate of drug-likeness (QED) is 0.834. The van der Waals surface area contributed by atoms with Crippen LogP contribution in [0.25, 0.3) is 0 Å². The fourth-order valence-corrected chi connectivity index (χ4v) is 4.29. The van der Waals surface area contributed by atoms with Crippen molar-refractivity contribution in [3.8, 4) is 0 Å². The first-order valence-electron chi connectivity index (χ1n) is 9.57. The fraction of sp³-hybridized carbons (Fsp3) is 0.944. The average molecular weight is 338 g/mol. The first kappa shape index (κ1) is 16.6. The SMILES string of the molecule is O=C(NC1CCOC(C2CC2)C1)N1CCOCC2(CCOCC2)C1. The molecule has 2 amide bonds. The number of nitrogens with one attached hydrogen (secondary N) is 1. The molecule has 2 atom stereocenters. The molecule has 1 N–H and O–H groups in total. The van der Waals surface area contributed by atoms with Crippen LogP contribution in [0, 0.1) is 11.3 Å². The van der Waals surface area contributed by atoms with Gasteiger partial charge in [0.25, 0.3) is 0 Å². The molecule has 4 aliphatic rings. The molecular formula is C18H30N2O4. The molecule has 0 aromatic heterocycles. The Bertz CT molecular complexity index is 448. The van der Waals surface area contributed by atoms with Crippen molar-refractivity contribution in [3.05, 3.63) is 0 Å². The second-order valence-corrected chi connectivity index (χ2v) is 8.00. The molecule has 136 valence electrons. The topological polar surface area (TPSA) is 60.0 Å². The van der Waals surface area contributed by atoms with Gasteiger partial charge < -0.3 is 24.4 Å². The number of amides is 2. The zero-order chi connectivity index (χ0) is 16.4. The van der Waals surface area contributed by atoms with E-state index in [0.29, 0.717) is 19.3 Å². The third-order valence-electron chi connectivity index (χ3n) is 6.07. The Kier molecular flexibility index (Phi) is 4.97. The predicted molar refractivity (Wildman–Crippen MR) is 88.9 cm³/mol. The highest BCUT2D eigenvalue weighted by atomic mass is 16.5. The van der Waals surface area contributed by atoms with Crippen molar-refractivity contribution in [1.82, 2.24) is 10.2 Å². The first-order chi connectivity index (χ1) is 11.7. The van der Waals surface area contributed by atoms with Crippen LogP contribution in [0.1, 0.15) is 38.5 Å². The number of carbonyl (C=O) groups is 1. The van der Waals surface area contributed by atoms with Crippen molar-refractivity contribution >= 4 is 6.03 Å². The number of rotatable bonds is 2.